The van der Waals surface area contributed by atoms with E-state index in [2.05, 4.69) is 12.8 Å². The molecule has 0 aromatic heterocycles. The third kappa shape index (κ3) is 2.53. The fourth-order valence-corrected chi connectivity index (χ4v) is 2.36. The van der Waals surface area contributed by atoms with Crippen LogP contribution in [0.1, 0.15) is 25.8 Å². The Labute approximate surface area is 114 Å². The first-order valence-corrected chi connectivity index (χ1v) is 6.57. The summed E-state index contributed by atoms with van der Waals surface area (Å²) in [5.74, 6) is 3.21. The van der Waals surface area contributed by atoms with E-state index >= 15 is 0 Å². The highest BCUT2D eigenvalue weighted by molar-refractivity contribution is 6.10. The summed E-state index contributed by atoms with van der Waals surface area (Å²) in [7, 11) is 0. The number of terminal acetylenes is 1. The Hall–Kier alpha value is -2.08. The van der Waals surface area contributed by atoms with Gasteiger partial charge in [-0.15, -0.1) is 6.42 Å². The Balaban J connectivity index is 2.46. The van der Waals surface area contributed by atoms with Gasteiger partial charge in [0.05, 0.1) is 18.5 Å². The maximum Gasteiger partial charge on any atom is 0.234 e. The Kier molecular flexibility index (Phi) is 4.01. The molecule has 0 radical (unpaired) electrons. The summed E-state index contributed by atoms with van der Waals surface area (Å²) in [5.41, 5.74) is 0.941. The summed E-state index contributed by atoms with van der Waals surface area (Å²) in [6.45, 7) is 4.25. The lowest BCUT2D eigenvalue weighted by Gasteiger charge is -2.33. The van der Waals surface area contributed by atoms with Gasteiger partial charge in [-0.3, -0.25) is 14.7 Å². The van der Waals surface area contributed by atoms with Crippen LogP contribution in [0.2, 0.25) is 0 Å². The molecule has 1 heterocycles. The van der Waals surface area contributed by atoms with Gasteiger partial charge in [0.1, 0.15) is 5.84 Å². The number of amides is 1. The fraction of sp³-hybridized carbons (Fsp3) is 0.375. The Morgan fingerprint density at radius 2 is 2.05 bits per heavy atom. The number of carbonyl (C=O) groups is 1. The maximum absolute atomic E-state index is 12.4. The van der Waals surface area contributed by atoms with Crippen molar-refractivity contribution in [3.63, 3.8) is 0 Å². The van der Waals surface area contributed by atoms with E-state index < -0.39 is 0 Å². The lowest BCUT2D eigenvalue weighted by atomic mass is 9.95. The van der Waals surface area contributed by atoms with Crippen molar-refractivity contribution in [1.29, 1.82) is 0 Å². The second-order valence-electron chi connectivity index (χ2n) is 4.71. The lowest BCUT2D eigenvalue weighted by molar-refractivity contribution is -0.132. The number of benzene rings is 1. The summed E-state index contributed by atoms with van der Waals surface area (Å²) in [6.07, 6.45) is 6.23. The molecule has 19 heavy (non-hydrogen) atoms. The molecular weight excluding hydrogens is 236 g/mol. The highest BCUT2D eigenvalue weighted by Gasteiger charge is 2.34. The molecule has 0 N–H and O–H groups in total. The van der Waals surface area contributed by atoms with Crippen molar-refractivity contribution in [2.75, 3.05) is 6.54 Å². The van der Waals surface area contributed by atoms with Crippen LogP contribution in [-0.2, 0) is 4.79 Å². The molecule has 3 heteroatoms. The van der Waals surface area contributed by atoms with Crippen LogP contribution < -0.4 is 0 Å². The molecule has 2 rings (SSSR count). The Morgan fingerprint density at radius 3 is 2.63 bits per heavy atom. The molecule has 0 saturated carbocycles. The van der Waals surface area contributed by atoms with Crippen molar-refractivity contribution >= 4 is 11.7 Å². The number of amidine groups is 1. The number of carbonyl (C=O) groups excluding carboxylic acids is 1. The molecule has 0 fully saturated rings. The van der Waals surface area contributed by atoms with Gasteiger partial charge in [0.2, 0.25) is 5.91 Å². The van der Waals surface area contributed by atoms with Crippen molar-refractivity contribution in [3.8, 4) is 12.3 Å². The minimum atomic E-state index is -0.106. The maximum atomic E-state index is 12.4. The van der Waals surface area contributed by atoms with Gasteiger partial charge in [-0.1, -0.05) is 50.1 Å². The summed E-state index contributed by atoms with van der Waals surface area (Å²) in [5, 5.41) is 0. The molecule has 1 aromatic carbocycles. The van der Waals surface area contributed by atoms with Gasteiger partial charge in [-0.2, -0.15) is 0 Å². The predicted molar refractivity (Wildman–Crippen MR) is 76.8 cm³/mol. The first kappa shape index (κ1) is 13.4. The molecule has 2 unspecified atom stereocenters. The van der Waals surface area contributed by atoms with Crippen LogP contribution in [0.4, 0.5) is 0 Å². The van der Waals surface area contributed by atoms with Gasteiger partial charge in [0, 0.05) is 5.56 Å². The topological polar surface area (TPSA) is 32.7 Å². The van der Waals surface area contributed by atoms with Gasteiger partial charge in [0.15, 0.2) is 0 Å². The second-order valence-corrected chi connectivity index (χ2v) is 4.71. The van der Waals surface area contributed by atoms with Crippen molar-refractivity contribution in [2.24, 2.45) is 10.9 Å². The standard InChI is InChI=1S/C16H18N2O/c1-4-11-18-15(13-9-7-6-8-10-13)17-14(5-2)12(3)16(18)19/h1,6-10,12,14H,5,11H2,2-3H3. The number of hydrogen-bond donors (Lipinski definition) is 0. The molecule has 1 amide bonds. The first-order chi connectivity index (χ1) is 9.19. The van der Waals surface area contributed by atoms with Crippen molar-refractivity contribution in [2.45, 2.75) is 26.3 Å². The summed E-state index contributed by atoms with van der Waals surface area (Å²) >= 11 is 0. The molecule has 1 aliphatic rings. The second kappa shape index (κ2) is 5.71. The van der Waals surface area contributed by atoms with Gasteiger partial charge in [-0.25, -0.2) is 0 Å². The van der Waals surface area contributed by atoms with Crippen molar-refractivity contribution < 1.29 is 4.79 Å². The normalized spacial score (nSPS) is 22.9. The van der Waals surface area contributed by atoms with Crippen LogP contribution in [0.5, 0.6) is 0 Å². The number of aliphatic imine (C=N–C) groups is 1. The van der Waals surface area contributed by atoms with E-state index in [0.717, 1.165) is 12.0 Å². The lowest BCUT2D eigenvalue weighted by Crippen LogP contribution is -2.48. The van der Waals surface area contributed by atoms with Crippen molar-refractivity contribution in [1.82, 2.24) is 4.90 Å². The average molecular weight is 254 g/mol. The number of rotatable bonds is 3. The third-order valence-electron chi connectivity index (χ3n) is 3.48. The number of nitrogens with zero attached hydrogens (tertiary/aromatic N) is 2. The zero-order valence-electron chi connectivity index (χ0n) is 11.3. The third-order valence-corrected chi connectivity index (χ3v) is 3.48. The number of hydrogen-bond acceptors (Lipinski definition) is 2. The van der Waals surface area contributed by atoms with E-state index in [1.165, 1.54) is 0 Å². The molecule has 98 valence electrons. The van der Waals surface area contributed by atoms with Crippen molar-refractivity contribution in [3.05, 3.63) is 35.9 Å². The van der Waals surface area contributed by atoms with Crippen LogP contribution >= 0.6 is 0 Å². The monoisotopic (exact) mass is 254 g/mol. The summed E-state index contributed by atoms with van der Waals surface area (Å²) in [6, 6.07) is 9.78. The highest BCUT2D eigenvalue weighted by atomic mass is 16.2. The molecular formula is C16H18N2O. The summed E-state index contributed by atoms with van der Waals surface area (Å²) < 4.78 is 0. The minimum absolute atomic E-state index is 0.0386. The van der Waals surface area contributed by atoms with E-state index in [1.54, 1.807) is 4.90 Å². The van der Waals surface area contributed by atoms with Crippen LogP contribution in [0.3, 0.4) is 0 Å². The molecule has 0 aliphatic carbocycles. The molecule has 2 atom stereocenters. The van der Waals surface area contributed by atoms with Gasteiger partial charge < -0.3 is 0 Å². The first-order valence-electron chi connectivity index (χ1n) is 6.57. The van der Waals surface area contributed by atoms with Crippen LogP contribution in [0.15, 0.2) is 35.3 Å². The molecule has 1 aromatic rings. The minimum Gasteiger partial charge on any atom is -0.284 e. The Morgan fingerprint density at radius 1 is 1.37 bits per heavy atom. The molecule has 1 aliphatic heterocycles. The predicted octanol–water partition coefficient (Wildman–Crippen LogP) is 2.32. The Bertz CT molecular complexity index is 527. The zero-order chi connectivity index (χ0) is 13.8. The van der Waals surface area contributed by atoms with Crippen LogP contribution in [0.25, 0.3) is 0 Å². The highest BCUT2D eigenvalue weighted by Crippen LogP contribution is 2.23. The van der Waals surface area contributed by atoms with Gasteiger partial charge in [-0.05, 0) is 6.42 Å². The smallest absolute Gasteiger partial charge is 0.234 e. The van der Waals surface area contributed by atoms with Crippen LogP contribution in [-0.4, -0.2) is 29.2 Å². The van der Waals surface area contributed by atoms with E-state index in [4.69, 9.17) is 11.4 Å². The average Bonchev–Trinajstić information content (AvgIpc) is 2.45. The van der Waals surface area contributed by atoms with Crippen LogP contribution in [0, 0.1) is 18.3 Å². The molecule has 3 nitrogen and oxygen atoms in total. The van der Waals surface area contributed by atoms with E-state index in [-0.39, 0.29) is 24.4 Å². The summed E-state index contributed by atoms with van der Waals surface area (Å²) in [4.78, 5) is 18.8. The SMILES string of the molecule is C#CCN1C(=O)C(C)C(CC)N=C1c1ccccc1. The fourth-order valence-electron chi connectivity index (χ4n) is 2.36. The molecule has 0 bridgehead atoms. The quantitative estimate of drug-likeness (QED) is 0.762. The largest absolute Gasteiger partial charge is 0.284 e. The van der Waals surface area contributed by atoms with Gasteiger partial charge in [0.25, 0.3) is 0 Å². The molecule has 0 saturated heterocycles. The van der Waals surface area contributed by atoms with E-state index in [1.807, 2.05) is 37.3 Å². The zero-order valence-corrected chi connectivity index (χ0v) is 11.3. The molecule has 0 spiro atoms. The van der Waals surface area contributed by atoms with E-state index in [9.17, 15) is 4.79 Å². The van der Waals surface area contributed by atoms with E-state index in [0.29, 0.717) is 5.84 Å². The van der Waals surface area contributed by atoms with Gasteiger partial charge >= 0.3 is 0 Å².